The van der Waals surface area contributed by atoms with Gasteiger partial charge in [0.1, 0.15) is 6.04 Å². The third-order valence-electron chi connectivity index (χ3n) is 2.97. The van der Waals surface area contributed by atoms with Gasteiger partial charge in [-0.25, -0.2) is 0 Å². The van der Waals surface area contributed by atoms with Crippen LogP contribution in [0.1, 0.15) is 32.6 Å². The van der Waals surface area contributed by atoms with E-state index < -0.39 is 29.9 Å². The molecule has 126 valence electrons. The van der Waals surface area contributed by atoms with Gasteiger partial charge in [0, 0.05) is 32.5 Å². The van der Waals surface area contributed by atoms with E-state index in [2.05, 4.69) is 5.32 Å². The molecule has 0 spiro atoms. The van der Waals surface area contributed by atoms with Crippen LogP contribution in [-0.4, -0.2) is 64.5 Å². The number of rotatable bonds is 10. The number of hydrogen-bond donors (Lipinski definition) is 4. The van der Waals surface area contributed by atoms with E-state index in [9.17, 15) is 19.2 Å². The maximum atomic E-state index is 11.8. The van der Waals surface area contributed by atoms with Crippen LogP contribution >= 0.6 is 0 Å². The Morgan fingerprint density at radius 1 is 1.18 bits per heavy atom. The summed E-state index contributed by atoms with van der Waals surface area (Å²) < 4.78 is 0. The topological polar surface area (TPSA) is 150 Å². The fourth-order valence-corrected chi connectivity index (χ4v) is 1.65. The molecule has 0 saturated carbocycles. The number of nitrogens with zero attached hydrogens (tertiary/aromatic N) is 1. The maximum Gasteiger partial charge on any atom is 0.320 e. The lowest BCUT2D eigenvalue weighted by molar-refractivity contribution is -0.139. The van der Waals surface area contributed by atoms with E-state index in [1.807, 2.05) is 0 Å². The Kier molecular flexibility index (Phi) is 8.76. The van der Waals surface area contributed by atoms with Crippen LogP contribution in [0.5, 0.6) is 0 Å². The van der Waals surface area contributed by atoms with Crippen molar-refractivity contribution in [3.8, 4) is 0 Å². The molecule has 0 radical (unpaired) electrons. The molecule has 0 aliphatic carbocycles. The van der Waals surface area contributed by atoms with Crippen molar-refractivity contribution >= 4 is 23.8 Å². The van der Waals surface area contributed by atoms with Crippen LogP contribution in [-0.2, 0) is 19.2 Å². The van der Waals surface area contributed by atoms with Crippen molar-refractivity contribution in [3.05, 3.63) is 0 Å². The Morgan fingerprint density at radius 3 is 2.27 bits per heavy atom. The summed E-state index contributed by atoms with van der Waals surface area (Å²) in [7, 11) is 1.50. The predicted molar refractivity (Wildman–Crippen MR) is 77.0 cm³/mol. The van der Waals surface area contributed by atoms with Gasteiger partial charge in [-0.05, 0) is 13.3 Å². The average Bonchev–Trinajstić information content (AvgIpc) is 2.40. The van der Waals surface area contributed by atoms with Crippen molar-refractivity contribution in [2.45, 2.75) is 44.7 Å². The number of amides is 2. The molecular formula is C13H23N3O6. The monoisotopic (exact) mass is 317 g/mol. The van der Waals surface area contributed by atoms with Crippen molar-refractivity contribution in [1.29, 1.82) is 0 Å². The van der Waals surface area contributed by atoms with E-state index in [0.717, 1.165) is 0 Å². The highest BCUT2D eigenvalue weighted by atomic mass is 16.4. The summed E-state index contributed by atoms with van der Waals surface area (Å²) in [5, 5.41) is 19.7. The molecule has 0 aromatic heterocycles. The summed E-state index contributed by atoms with van der Waals surface area (Å²) in [6.45, 7) is 1.75. The lowest BCUT2D eigenvalue weighted by Crippen LogP contribution is -2.37. The Balaban J connectivity index is 4.03. The molecule has 0 unspecified atom stereocenters. The second-order valence-corrected chi connectivity index (χ2v) is 5.12. The fraction of sp³-hybridized carbons (Fsp3) is 0.692. The summed E-state index contributed by atoms with van der Waals surface area (Å²) in [6, 6.07) is -1.54. The average molecular weight is 317 g/mol. The quantitative estimate of drug-likeness (QED) is 0.404. The number of carbonyl (C=O) groups excluding carboxylic acids is 2. The van der Waals surface area contributed by atoms with Gasteiger partial charge in [-0.3, -0.25) is 19.2 Å². The molecule has 22 heavy (non-hydrogen) atoms. The number of aliphatic carboxylic acids is 2. The standard InChI is InChI=1S/C13H23N3O6/c1-8(7-12(19)20)15-10(17)3-4-11(18)16(2)6-5-9(14)13(21)22/h8-9H,3-7,14H2,1-2H3,(H,15,17)(H,19,20)(H,21,22)/t8-,9+/m1/s1. The van der Waals surface area contributed by atoms with Gasteiger partial charge < -0.3 is 26.2 Å². The molecule has 2 amide bonds. The van der Waals surface area contributed by atoms with Crippen LogP contribution in [0, 0.1) is 0 Å². The van der Waals surface area contributed by atoms with Gasteiger partial charge in [0.2, 0.25) is 11.8 Å². The molecule has 9 heteroatoms. The summed E-state index contributed by atoms with van der Waals surface area (Å²) in [4.78, 5) is 45.6. The molecule has 0 aromatic rings. The third kappa shape index (κ3) is 8.90. The molecule has 0 heterocycles. The highest BCUT2D eigenvalue weighted by molar-refractivity contribution is 5.84. The van der Waals surface area contributed by atoms with Crippen LogP contribution in [0.15, 0.2) is 0 Å². The Morgan fingerprint density at radius 2 is 1.77 bits per heavy atom. The predicted octanol–water partition coefficient (Wildman–Crippen LogP) is -0.994. The van der Waals surface area contributed by atoms with Crippen molar-refractivity contribution < 1.29 is 29.4 Å². The van der Waals surface area contributed by atoms with E-state index in [0.29, 0.717) is 0 Å². The first-order chi connectivity index (χ1) is 10.1. The third-order valence-corrected chi connectivity index (χ3v) is 2.97. The molecule has 0 saturated heterocycles. The van der Waals surface area contributed by atoms with E-state index in [1.54, 1.807) is 6.92 Å². The van der Waals surface area contributed by atoms with Gasteiger partial charge in [0.15, 0.2) is 0 Å². The lowest BCUT2D eigenvalue weighted by Gasteiger charge is -2.18. The summed E-state index contributed by atoms with van der Waals surface area (Å²) in [5.41, 5.74) is 5.33. The minimum absolute atomic E-state index is 0.0373. The summed E-state index contributed by atoms with van der Waals surface area (Å²) in [5.74, 6) is -2.86. The number of carboxylic acid groups (broad SMARTS) is 2. The second-order valence-electron chi connectivity index (χ2n) is 5.12. The van der Waals surface area contributed by atoms with Crippen molar-refractivity contribution in [3.63, 3.8) is 0 Å². The number of carbonyl (C=O) groups is 4. The molecule has 0 aliphatic heterocycles. The Bertz CT molecular complexity index is 426. The molecule has 0 bridgehead atoms. The SMILES string of the molecule is C[C@H](CC(=O)O)NC(=O)CCC(=O)N(C)CC[C@H](N)C(=O)O. The highest BCUT2D eigenvalue weighted by Crippen LogP contribution is 2.00. The zero-order chi connectivity index (χ0) is 17.3. The first kappa shape index (κ1) is 19.8. The van der Waals surface area contributed by atoms with Crippen molar-refractivity contribution in [2.24, 2.45) is 5.73 Å². The summed E-state index contributed by atoms with van der Waals surface area (Å²) in [6.07, 6.45) is -0.158. The largest absolute Gasteiger partial charge is 0.481 e. The van der Waals surface area contributed by atoms with Gasteiger partial charge in [0.25, 0.3) is 0 Å². The van der Waals surface area contributed by atoms with Crippen LogP contribution in [0.25, 0.3) is 0 Å². The lowest BCUT2D eigenvalue weighted by atomic mass is 10.2. The van der Waals surface area contributed by atoms with Crippen LogP contribution in [0.3, 0.4) is 0 Å². The molecule has 0 rings (SSSR count). The number of nitrogens with two attached hydrogens (primary N) is 1. The fourth-order valence-electron chi connectivity index (χ4n) is 1.65. The van der Waals surface area contributed by atoms with E-state index in [-0.39, 0.29) is 38.1 Å². The Labute approximate surface area is 128 Å². The zero-order valence-electron chi connectivity index (χ0n) is 12.7. The number of carboxylic acids is 2. The number of nitrogens with one attached hydrogen (secondary N) is 1. The molecule has 5 N–H and O–H groups in total. The minimum Gasteiger partial charge on any atom is -0.481 e. The van der Waals surface area contributed by atoms with Crippen LogP contribution in [0.4, 0.5) is 0 Å². The normalized spacial score (nSPS) is 13.0. The summed E-state index contributed by atoms with van der Waals surface area (Å²) >= 11 is 0. The first-order valence-corrected chi connectivity index (χ1v) is 6.87. The Hall–Kier alpha value is -2.16. The molecule has 9 nitrogen and oxygen atoms in total. The molecular weight excluding hydrogens is 294 g/mol. The van der Waals surface area contributed by atoms with Crippen LogP contribution in [0.2, 0.25) is 0 Å². The van der Waals surface area contributed by atoms with Crippen molar-refractivity contribution in [2.75, 3.05) is 13.6 Å². The van der Waals surface area contributed by atoms with Crippen molar-refractivity contribution in [1.82, 2.24) is 10.2 Å². The number of hydrogen-bond acceptors (Lipinski definition) is 5. The van der Waals surface area contributed by atoms with E-state index >= 15 is 0 Å². The van der Waals surface area contributed by atoms with Gasteiger partial charge in [0.05, 0.1) is 6.42 Å². The van der Waals surface area contributed by atoms with E-state index in [1.165, 1.54) is 11.9 Å². The van der Waals surface area contributed by atoms with E-state index in [4.69, 9.17) is 15.9 Å². The van der Waals surface area contributed by atoms with Gasteiger partial charge in [-0.2, -0.15) is 0 Å². The molecule has 2 atom stereocenters. The smallest absolute Gasteiger partial charge is 0.320 e. The molecule has 0 fully saturated rings. The first-order valence-electron chi connectivity index (χ1n) is 6.87. The van der Waals surface area contributed by atoms with Gasteiger partial charge in [-0.1, -0.05) is 0 Å². The zero-order valence-corrected chi connectivity index (χ0v) is 12.7. The highest BCUT2D eigenvalue weighted by Gasteiger charge is 2.17. The molecule has 0 aromatic carbocycles. The second kappa shape index (κ2) is 9.72. The minimum atomic E-state index is -1.13. The maximum absolute atomic E-state index is 11.8. The van der Waals surface area contributed by atoms with Gasteiger partial charge >= 0.3 is 11.9 Å². The molecule has 0 aliphatic rings. The van der Waals surface area contributed by atoms with Gasteiger partial charge in [-0.15, -0.1) is 0 Å². The van der Waals surface area contributed by atoms with Crippen LogP contribution < -0.4 is 11.1 Å².